The normalized spacial score (nSPS) is 15.7. The molecular formula is C13H17NO3. The summed E-state index contributed by atoms with van der Waals surface area (Å²) in [6, 6.07) is 3.21. The van der Waals surface area contributed by atoms with Gasteiger partial charge in [-0.3, -0.25) is 0 Å². The third kappa shape index (κ3) is 2.75. The Kier molecular flexibility index (Phi) is 2.81. The van der Waals surface area contributed by atoms with Gasteiger partial charge in [0, 0.05) is 5.41 Å². The molecule has 0 radical (unpaired) electrons. The minimum Gasteiger partial charge on any atom is -0.488 e. The maximum Gasteiger partial charge on any atom is 0.354 e. The van der Waals surface area contributed by atoms with Crippen LogP contribution < -0.4 is 4.74 Å². The van der Waals surface area contributed by atoms with Gasteiger partial charge in [0.2, 0.25) is 0 Å². The maximum absolute atomic E-state index is 10.9. The largest absolute Gasteiger partial charge is 0.488 e. The Labute approximate surface area is 101 Å². The smallest absolute Gasteiger partial charge is 0.354 e. The SMILES string of the molecule is CC(C)(C)c1nc(C(=O)O)ccc1OC1CC1. The monoisotopic (exact) mass is 235 g/mol. The molecule has 0 saturated heterocycles. The van der Waals surface area contributed by atoms with E-state index in [-0.39, 0.29) is 17.2 Å². The van der Waals surface area contributed by atoms with Gasteiger partial charge in [-0.25, -0.2) is 9.78 Å². The first-order chi connectivity index (χ1) is 7.88. The average Bonchev–Trinajstić information content (AvgIpc) is 3.00. The minimum atomic E-state index is -1.01. The fourth-order valence-corrected chi connectivity index (χ4v) is 1.56. The Morgan fingerprint density at radius 1 is 1.41 bits per heavy atom. The summed E-state index contributed by atoms with van der Waals surface area (Å²) in [6.07, 6.45) is 2.43. The predicted molar refractivity (Wildman–Crippen MR) is 63.5 cm³/mol. The number of ether oxygens (including phenoxy) is 1. The molecule has 2 rings (SSSR count). The number of rotatable bonds is 3. The zero-order valence-electron chi connectivity index (χ0n) is 10.4. The molecule has 92 valence electrons. The van der Waals surface area contributed by atoms with Crippen LogP contribution in [-0.2, 0) is 5.41 Å². The summed E-state index contributed by atoms with van der Waals surface area (Å²) in [5.41, 5.74) is 0.553. The second-order valence-electron chi connectivity index (χ2n) is 5.42. The molecule has 1 aromatic heterocycles. The number of carboxylic acid groups (broad SMARTS) is 1. The van der Waals surface area contributed by atoms with Crippen LogP contribution in [0.3, 0.4) is 0 Å². The van der Waals surface area contributed by atoms with Gasteiger partial charge < -0.3 is 9.84 Å². The quantitative estimate of drug-likeness (QED) is 0.874. The summed E-state index contributed by atoms with van der Waals surface area (Å²) >= 11 is 0. The van der Waals surface area contributed by atoms with Crippen molar-refractivity contribution in [2.24, 2.45) is 0 Å². The number of hydrogen-bond acceptors (Lipinski definition) is 3. The second kappa shape index (κ2) is 4.02. The summed E-state index contributed by atoms with van der Waals surface area (Å²) < 4.78 is 5.76. The van der Waals surface area contributed by atoms with E-state index in [1.54, 1.807) is 6.07 Å². The lowest BCUT2D eigenvalue weighted by molar-refractivity contribution is 0.0690. The van der Waals surface area contributed by atoms with Gasteiger partial charge in [0.15, 0.2) is 0 Å². The number of aromatic carboxylic acids is 1. The summed E-state index contributed by atoms with van der Waals surface area (Å²) in [5.74, 6) is -0.293. The highest BCUT2D eigenvalue weighted by Crippen LogP contribution is 2.34. The van der Waals surface area contributed by atoms with Crippen LogP contribution in [0, 0.1) is 0 Å². The fraction of sp³-hybridized carbons (Fsp3) is 0.538. The van der Waals surface area contributed by atoms with Crippen molar-refractivity contribution in [2.45, 2.75) is 45.1 Å². The van der Waals surface area contributed by atoms with Crippen molar-refractivity contribution in [3.8, 4) is 5.75 Å². The molecule has 0 unspecified atom stereocenters. The van der Waals surface area contributed by atoms with Gasteiger partial charge in [-0.15, -0.1) is 0 Å². The summed E-state index contributed by atoms with van der Waals surface area (Å²) in [6.45, 7) is 6.00. The molecule has 4 nitrogen and oxygen atoms in total. The highest BCUT2D eigenvalue weighted by molar-refractivity contribution is 5.85. The van der Waals surface area contributed by atoms with Crippen LogP contribution in [0.15, 0.2) is 12.1 Å². The third-order valence-corrected chi connectivity index (χ3v) is 2.61. The number of pyridine rings is 1. The van der Waals surface area contributed by atoms with Crippen LogP contribution in [0.25, 0.3) is 0 Å². The van der Waals surface area contributed by atoms with Crippen molar-refractivity contribution in [2.75, 3.05) is 0 Å². The number of nitrogens with zero attached hydrogens (tertiary/aromatic N) is 1. The first-order valence-corrected chi connectivity index (χ1v) is 5.79. The molecule has 0 spiro atoms. The Bertz CT molecular complexity index is 444. The van der Waals surface area contributed by atoms with Gasteiger partial charge in [0.1, 0.15) is 11.4 Å². The predicted octanol–water partition coefficient (Wildman–Crippen LogP) is 2.62. The van der Waals surface area contributed by atoms with E-state index in [1.807, 2.05) is 20.8 Å². The van der Waals surface area contributed by atoms with E-state index in [0.29, 0.717) is 11.4 Å². The molecule has 4 heteroatoms. The molecule has 0 atom stereocenters. The molecule has 0 amide bonds. The second-order valence-corrected chi connectivity index (χ2v) is 5.42. The van der Waals surface area contributed by atoms with Crippen molar-refractivity contribution in [1.29, 1.82) is 0 Å². The average molecular weight is 235 g/mol. The Balaban J connectivity index is 2.39. The zero-order valence-corrected chi connectivity index (χ0v) is 10.4. The number of carbonyl (C=O) groups is 1. The molecule has 1 heterocycles. The highest BCUT2D eigenvalue weighted by atomic mass is 16.5. The van der Waals surface area contributed by atoms with Crippen molar-refractivity contribution in [3.05, 3.63) is 23.5 Å². The van der Waals surface area contributed by atoms with Crippen LogP contribution in [0.1, 0.15) is 49.8 Å². The third-order valence-electron chi connectivity index (χ3n) is 2.61. The highest BCUT2D eigenvalue weighted by Gasteiger charge is 2.28. The molecule has 0 bridgehead atoms. The molecule has 1 aromatic rings. The molecule has 1 aliphatic carbocycles. The van der Waals surface area contributed by atoms with Gasteiger partial charge in [0.25, 0.3) is 0 Å². The lowest BCUT2D eigenvalue weighted by Crippen LogP contribution is -2.18. The van der Waals surface area contributed by atoms with E-state index in [2.05, 4.69) is 4.98 Å². The van der Waals surface area contributed by atoms with Gasteiger partial charge in [0.05, 0.1) is 11.8 Å². The van der Waals surface area contributed by atoms with Crippen molar-refractivity contribution < 1.29 is 14.6 Å². The summed E-state index contributed by atoms with van der Waals surface area (Å²) in [7, 11) is 0. The Morgan fingerprint density at radius 2 is 2.06 bits per heavy atom. The zero-order chi connectivity index (χ0) is 12.6. The topological polar surface area (TPSA) is 59.4 Å². The Hall–Kier alpha value is -1.58. The summed E-state index contributed by atoms with van der Waals surface area (Å²) in [4.78, 5) is 15.1. The van der Waals surface area contributed by atoms with Gasteiger partial charge in [-0.2, -0.15) is 0 Å². The van der Waals surface area contributed by atoms with E-state index in [9.17, 15) is 4.79 Å². The van der Waals surface area contributed by atoms with Crippen LogP contribution in [-0.4, -0.2) is 22.2 Å². The molecule has 0 aromatic carbocycles. The molecule has 1 saturated carbocycles. The van der Waals surface area contributed by atoms with Gasteiger partial charge in [-0.05, 0) is 25.0 Å². The molecule has 0 aliphatic heterocycles. The fourth-order valence-electron chi connectivity index (χ4n) is 1.56. The maximum atomic E-state index is 10.9. The van der Waals surface area contributed by atoms with Gasteiger partial charge >= 0.3 is 5.97 Å². The van der Waals surface area contributed by atoms with Crippen molar-refractivity contribution in [3.63, 3.8) is 0 Å². The van der Waals surface area contributed by atoms with Gasteiger partial charge in [-0.1, -0.05) is 20.8 Å². The summed E-state index contributed by atoms with van der Waals surface area (Å²) in [5, 5.41) is 8.96. The van der Waals surface area contributed by atoms with E-state index in [4.69, 9.17) is 9.84 Å². The molecule has 1 N–H and O–H groups in total. The Morgan fingerprint density at radius 3 is 2.53 bits per heavy atom. The van der Waals surface area contributed by atoms with Crippen LogP contribution in [0.4, 0.5) is 0 Å². The molecule has 17 heavy (non-hydrogen) atoms. The van der Waals surface area contributed by atoms with Crippen LogP contribution in [0.2, 0.25) is 0 Å². The standard InChI is InChI=1S/C13H17NO3/c1-13(2,3)11-10(17-8-4-5-8)7-6-9(14-11)12(15)16/h6-8H,4-5H2,1-3H3,(H,15,16). The first-order valence-electron chi connectivity index (χ1n) is 5.79. The molecule has 1 aliphatic rings. The van der Waals surface area contributed by atoms with Crippen LogP contribution in [0.5, 0.6) is 5.75 Å². The number of carboxylic acids is 1. The molecule has 1 fully saturated rings. The lowest BCUT2D eigenvalue weighted by Gasteiger charge is -2.21. The van der Waals surface area contributed by atoms with Crippen LogP contribution >= 0.6 is 0 Å². The van der Waals surface area contributed by atoms with E-state index >= 15 is 0 Å². The number of aromatic nitrogens is 1. The number of hydrogen-bond donors (Lipinski definition) is 1. The van der Waals surface area contributed by atoms with Crippen molar-refractivity contribution >= 4 is 5.97 Å². The minimum absolute atomic E-state index is 0.0677. The van der Waals surface area contributed by atoms with E-state index in [0.717, 1.165) is 12.8 Å². The van der Waals surface area contributed by atoms with Crippen molar-refractivity contribution in [1.82, 2.24) is 4.98 Å². The molecular weight excluding hydrogens is 218 g/mol. The first kappa shape index (κ1) is 11.9. The lowest BCUT2D eigenvalue weighted by atomic mass is 9.90. The van der Waals surface area contributed by atoms with E-state index in [1.165, 1.54) is 6.07 Å². The van der Waals surface area contributed by atoms with E-state index < -0.39 is 5.97 Å².